The topological polar surface area (TPSA) is 13.1 Å². The van der Waals surface area contributed by atoms with Gasteiger partial charge in [0.25, 0.3) is 0 Å². The Morgan fingerprint density at radius 3 is 2.50 bits per heavy atom. The van der Waals surface area contributed by atoms with E-state index in [1.165, 1.54) is 5.56 Å². The largest absolute Gasteiger partial charge is 0.469 e. The summed E-state index contributed by atoms with van der Waals surface area (Å²) in [5.74, 6) is 2.75. The van der Waals surface area contributed by atoms with E-state index in [2.05, 4.69) is 40.0 Å². The summed E-state index contributed by atoms with van der Waals surface area (Å²) < 4.78 is 5.59. The highest BCUT2D eigenvalue weighted by Crippen LogP contribution is 2.28. The van der Waals surface area contributed by atoms with Gasteiger partial charge >= 0.3 is 0 Å². The average Bonchev–Trinajstić information content (AvgIpc) is 2.51. The van der Waals surface area contributed by atoms with Crippen LogP contribution in [-0.2, 0) is 5.41 Å². The van der Waals surface area contributed by atoms with Gasteiger partial charge in [0.1, 0.15) is 5.76 Å². The minimum Gasteiger partial charge on any atom is -0.469 e. The summed E-state index contributed by atoms with van der Waals surface area (Å²) in [5, 5.41) is 0. The summed E-state index contributed by atoms with van der Waals surface area (Å²) in [5.41, 5.74) is 1.49. The van der Waals surface area contributed by atoms with Crippen LogP contribution in [-0.4, -0.2) is 12.0 Å². The summed E-state index contributed by atoms with van der Waals surface area (Å²) in [4.78, 5) is 0. The minimum atomic E-state index is 0.195. The van der Waals surface area contributed by atoms with Crippen molar-refractivity contribution >= 4 is 11.8 Å². The van der Waals surface area contributed by atoms with Gasteiger partial charge in [-0.1, -0.05) is 27.7 Å². The molecule has 0 spiro atoms. The Bertz CT molecular complexity index is 283. The van der Waals surface area contributed by atoms with Crippen LogP contribution >= 0.6 is 11.8 Å². The molecule has 0 amide bonds. The molecule has 0 saturated heterocycles. The fraction of sp³-hybridized carbons (Fsp3) is 0.667. The maximum Gasteiger partial charge on any atom is 0.107 e. The quantitative estimate of drug-likeness (QED) is 0.750. The summed E-state index contributed by atoms with van der Waals surface area (Å²) >= 11 is 1.86. The summed E-state index contributed by atoms with van der Waals surface area (Å²) in [6, 6.07) is 2.20. The second-order valence-electron chi connectivity index (χ2n) is 4.84. The van der Waals surface area contributed by atoms with Crippen molar-refractivity contribution in [3.05, 3.63) is 23.7 Å². The second kappa shape index (κ2) is 4.43. The highest BCUT2D eigenvalue weighted by Gasteiger charge is 2.18. The van der Waals surface area contributed by atoms with E-state index >= 15 is 0 Å². The zero-order chi connectivity index (χ0) is 10.8. The third-order valence-corrected chi connectivity index (χ3v) is 3.22. The van der Waals surface area contributed by atoms with E-state index in [-0.39, 0.29) is 5.41 Å². The van der Waals surface area contributed by atoms with Crippen molar-refractivity contribution in [2.45, 2.75) is 39.0 Å². The van der Waals surface area contributed by atoms with Crippen molar-refractivity contribution in [2.24, 2.45) is 0 Å². The molecular weight excluding hydrogens is 192 g/mol. The maximum absolute atomic E-state index is 5.59. The fourth-order valence-corrected chi connectivity index (χ4v) is 2.00. The van der Waals surface area contributed by atoms with Crippen LogP contribution in [0.4, 0.5) is 0 Å². The van der Waals surface area contributed by atoms with E-state index in [1.807, 2.05) is 18.0 Å². The van der Waals surface area contributed by atoms with Crippen molar-refractivity contribution in [1.29, 1.82) is 0 Å². The van der Waals surface area contributed by atoms with Gasteiger partial charge in [0.15, 0.2) is 0 Å². The molecule has 0 aliphatic rings. The van der Waals surface area contributed by atoms with Gasteiger partial charge < -0.3 is 4.42 Å². The first-order valence-electron chi connectivity index (χ1n) is 5.03. The van der Waals surface area contributed by atoms with E-state index in [4.69, 9.17) is 4.42 Å². The van der Waals surface area contributed by atoms with Crippen LogP contribution in [0.25, 0.3) is 0 Å². The van der Waals surface area contributed by atoms with Crippen molar-refractivity contribution in [3.8, 4) is 0 Å². The molecule has 1 atom stereocenters. The van der Waals surface area contributed by atoms with Crippen LogP contribution in [0.3, 0.4) is 0 Å². The molecule has 1 aromatic rings. The molecule has 1 aromatic heterocycles. The van der Waals surface area contributed by atoms with Crippen molar-refractivity contribution in [2.75, 3.05) is 12.0 Å². The second-order valence-corrected chi connectivity index (χ2v) is 5.75. The first-order valence-corrected chi connectivity index (χ1v) is 6.42. The molecule has 0 radical (unpaired) electrons. The number of hydrogen-bond acceptors (Lipinski definition) is 2. The zero-order valence-electron chi connectivity index (χ0n) is 9.76. The van der Waals surface area contributed by atoms with Crippen molar-refractivity contribution in [1.82, 2.24) is 0 Å². The molecule has 0 aliphatic carbocycles. The van der Waals surface area contributed by atoms with E-state index in [0.29, 0.717) is 5.92 Å². The summed E-state index contributed by atoms with van der Waals surface area (Å²) in [6.07, 6.45) is 4.02. The monoisotopic (exact) mass is 212 g/mol. The van der Waals surface area contributed by atoms with Gasteiger partial charge in [-0.3, -0.25) is 0 Å². The number of furan rings is 1. The molecule has 1 rings (SSSR count). The molecule has 0 N–H and O–H groups in total. The van der Waals surface area contributed by atoms with Gasteiger partial charge in [0.05, 0.1) is 6.26 Å². The molecule has 0 fully saturated rings. The lowest BCUT2D eigenvalue weighted by atomic mass is 9.89. The van der Waals surface area contributed by atoms with Gasteiger partial charge in [0, 0.05) is 11.7 Å². The predicted molar refractivity (Wildman–Crippen MR) is 64.2 cm³/mol. The van der Waals surface area contributed by atoms with Gasteiger partial charge in [0.2, 0.25) is 0 Å². The molecule has 0 saturated carbocycles. The lowest BCUT2D eigenvalue weighted by Crippen LogP contribution is -2.09. The smallest absolute Gasteiger partial charge is 0.107 e. The van der Waals surface area contributed by atoms with Gasteiger partial charge in [-0.25, -0.2) is 0 Å². The molecule has 1 unspecified atom stereocenters. The van der Waals surface area contributed by atoms with E-state index in [0.717, 1.165) is 11.5 Å². The highest BCUT2D eigenvalue weighted by atomic mass is 32.2. The third-order valence-electron chi connectivity index (χ3n) is 2.39. The Labute approximate surface area is 91.3 Å². The van der Waals surface area contributed by atoms with Gasteiger partial charge in [-0.2, -0.15) is 11.8 Å². The molecular formula is C12H20OS. The van der Waals surface area contributed by atoms with Crippen LogP contribution in [0.1, 0.15) is 44.9 Å². The van der Waals surface area contributed by atoms with Crippen LogP contribution < -0.4 is 0 Å². The number of thioether (sulfide) groups is 1. The van der Waals surface area contributed by atoms with Crippen molar-refractivity contribution in [3.63, 3.8) is 0 Å². The Hall–Kier alpha value is -0.370. The van der Waals surface area contributed by atoms with Crippen molar-refractivity contribution < 1.29 is 4.42 Å². The number of hydrogen-bond donors (Lipinski definition) is 0. The predicted octanol–water partition coefficient (Wildman–Crippen LogP) is 4.04. The summed E-state index contributed by atoms with van der Waals surface area (Å²) in [7, 11) is 0. The maximum atomic E-state index is 5.59. The lowest BCUT2D eigenvalue weighted by Gasteiger charge is -2.14. The van der Waals surface area contributed by atoms with Crippen LogP contribution in [0.15, 0.2) is 16.7 Å². The molecule has 1 nitrogen and oxygen atoms in total. The fourth-order valence-electron chi connectivity index (χ4n) is 1.34. The molecule has 80 valence electrons. The van der Waals surface area contributed by atoms with Crippen LogP contribution in [0.5, 0.6) is 0 Å². The molecule has 0 bridgehead atoms. The third kappa shape index (κ3) is 2.81. The lowest BCUT2D eigenvalue weighted by molar-refractivity contribution is 0.481. The standard InChI is InChI=1S/C12H20OS/c1-9(8-14-5)11-6-10(7-13-11)12(2,3)4/h6-7,9H,8H2,1-5H3. The minimum absolute atomic E-state index is 0.195. The molecule has 1 heterocycles. The summed E-state index contributed by atoms with van der Waals surface area (Å²) in [6.45, 7) is 8.84. The number of rotatable bonds is 3. The normalized spacial score (nSPS) is 14.4. The van der Waals surface area contributed by atoms with Crippen LogP contribution in [0, 0.1) is 0 Å². The molecule has 2 heteroatoms. The van der Waals surface area contributed by atoms with E-state index in [1.54, 1.807) is 0 Å². The molecule has 0 aromatic carbocycles. The van der Waals surface area contributed by atoms with Crippen LogP contribution in [0.2, 0.25) is 0 Å². The first kappa shape index (κ1) is 11.7. The highest BCUT2D eigenvalue weighted by molar-refractivity contribution is 7.98. The Morgan fingerprint density at radius 2 is 2.07 bits per heavy atom. The SMILES string of the molecule is CSCC(C)c1cc(C(C)(C)C)co1. The first-order chi connectivity index (χ1) is 6.45. The average molecular weight is 212 g/mol. The van der Waals surface area contributed by atoms with Gasteiger partial charge in [-0.05, 0) is 23.3 Å². The molecule has 0 aliphatic heterocycles. The molecule has 14 heavy (non-hydrogen) atoms. The van der Waals surface area contributed by atoms with E-state index < -0.39 is 0 Å². The Balaban J connectivity index is 2.78. The Morgan fingerprint density at radius 1 is 1.43 bits per heavy atom. The zero-order valence-corrected chi connectivity index (χ0v) is 10.6. The van der Waals surface area contributed by atoms with Gasteiger partial charge in [-0.15, -0.1) is 0 Å². The Kier molecular flexibility index (Phi) is 3.71. The van der Waals surface area contributed by atoms with E-state index in [9.17, 15) is 0 Å².